The molecule has 0 bridgehead atoms. The molecule has 3 rings (SSSR count). The normalized spacial score (nSPS) is 10.8. The van der Waals surface area contributed by atoms with Crippen molar-refractivity contribution in [2.45, 2.75) is 13.3 Å². The van der Waals surface area contributed by atoms with Crippen molar-refractivity contribution in [3.63, 3.8) is 0 Å². The molecule has 0 amide bonds. The minimum atomic E-state index is 0.225. The minimum Gasteiger partial charge on any atom is -0.493 e. The van der Waals surface area contributed by atoms with Crippen molar-refractivity contribution < 1.29 is 4.74 Å². The van der Waals surface area contributed by atoms with Crippen LogP contribution in [0.2, 0.25) is 5.28 Å². The van der Waals surface area contributed by atoms with Gasteiger partial charge in [0.1, 0.15) is 5.75 Å². The molecule has 22 heavy (non-hydrogen) atoms. The maximum atomic E-state index is 6.04. The number of anilines is 1. The summed E-state index contributed by atoms with van der Waals surface area (Å²) in [4.78, 5) is 8.51. The predicted molar refractivity (Wildman–Crippen MR) is 89.3 cm³/mol. The first kappa shape index (κ1) is 14.6. The second kappa shape index (κ2) is 6.20. The average molecular weight is 314 g/mol. The van der Waals surface area contributed by atoms with Crippen LogP contribution in [-0.4, -0.2) is 16.6 Å². The summed E-state index contributed by atoms with van der Waals surface area (Å²) >= 11 is 5.99. The number of nitrogen functional groups attached to an aromatic ring is 1. The number of aryl methyl sites for hydroxylation is 1. The Hall–Kier alpha value is -2.33. The molecule has 4 nitrogen and oxygen atoms in total. The molecule has 0 radical (unpaired) electrons. The van der Waals surface area contributed by atoms with Crippen LogP contribution in [-0.2, 0) is 6.42 Å². The zero-order valence-electron chi connectivity index (χ0n) is 12.2. The van der Waals surface area contributed by atoms with Gasteiger partial charge in [-0.1, -0.05) is 23.8 Å². The van der Waals surface area contributed by atoms with E-state index in [1.807, 2.05) is 49.4 Å². The minimum absolute atomic E-state index is 0.225. The second-order valence-corrected chi connectivity index (χ2v) is 5.43. The van der Waals surface area contributed by atoms with Gasteiger partial charge in [-0.05, 0) is 42.8 Å². The fourth-order valence-corrected chi connectivity index (χ4v) is 2.53. The van der Waals surface area contributed by atoms with Crippen molar-refractivity contribution in [1.82, 2.24) is 9.97 Å². The highest BCUT2D eigenvalue weighted by molar-refractivity contribution is 6.28. The number of halogens is 1. The van der Waals surface area contributed by atoms with E-state index < -0.39 is 0 Å². The summed E-state index contributed by atoms with van der Waals surface area (Å²) in [6, 6.07) is 13.5. The van der Waals surface area contributed by atoms with Crippen LogP contribution in [0.5, 0.6) is 5.75 Å². The van der Waals surface area contributed by atoms with Gasteiger partial charge in [0.15, 0.2) is 0 Å². The van der Waals surface area contributed by atoms with E-state index in [-0.39, 0.29) is 5.28 Å². The van der Waals surface area contributed by atoms with Gasteiger partial charge in [-0.15, -0.1) is 0 Å². The molecule has 0 saturated carbocycles. The van der Waals surface area contributed by atoms with Gasteiger partial charge in [-0.25, -0.2) is 9.97 Å². The zero-order chi connectivity index (χ0) is 15.5. The highest BCUT2D eigenvalue weighted by Gasteiger charge is 2.09. The van der Waals surface area contributed by atoms with Crippen LogP contribution in [0.3, 0.4) is 0 Å². The Bertz CT molecular complexity index is 803. The van der Waals surface area contributed by atoms with E-state index in [9.17, 15) is 0 Å². The van der Waals surface area contributed by atoms with E-state index in [1.54, 1.807) is 0 Å². The lowest BCUT2D eigenvalue weighted by atomic mass is 10.1. The summed E-state index contributed by atoms with van der Waals surface area (Å²) in [6.45, 7) is 2.54. The third-order valence-electron chi connectivity index (χ3n) is 3.43. The van der Waals surface area contributed by atoms with Crippen LogP contribution in [0, 0.1) is 6.92 Å². The van der Waals surface area contributed by atoms with Gasteiger partial charge in [-0.3, -0.25) is 0 Å². The topological polar surface area (TPSA) is 61.0 Å². The molecule has 3 aromatic rings. The van der Waals surface area contributed by atoms with Gasteiger partial charge >= 0.3 is 0 Å². The first-order valence-electron chi connectivity index (χ1n) is 7.03. The summed E-state index contributed by atoms with van der Waals surface area (Å²) in [5, 5.41) is 1.07. The van der Waals surface area contributed by atoms with E-state index in [1.165, 1.54) is 5.56 Å². The molecule has 2 aromatic carbocycles. The summed E-state index contributed by atoms with van der Waals surface area (Å²) in [5.74, 6) is 0.836. The van der Waals surface area contributed by atoms with Crippen LogP contribution in [0.1, 0.15) is 11.3 Å². The number of benzene rings is 2. The fourth-order valence-electron chi connectivity index (χ4n) is 2.34. The molecule has 0 spiro atoms. The van der Waals surface area contributed by atoms with E-state index in [2.05, 4.69) is 9.97 Å². The molecule has 0 saturated heterocycles. The number of nitrogens with zero attached hydrogens (tertiary/aromatic N) is 2. The van der Waals surface area contributed by atoms with E-state index in [0.29, 0.717) is 18.7 Å². The molecular formula is C17H16ClN3O. The molecule has 0 aliphatic rings. The van der Waals surface area contributed by atoms with Gasteiger partial charge < -0.3 is 10.5 Å². The quantitative estimate of drug-likeness (QED) is 0.588. The number of hydrogen-bond acceptors (Lipinski definition) is 4. The Balaban J connectivity index is 1.80. The molecule has 0 unspecified atom stereocenters. The van der Waals surface area contributed by atoms with E-state index in [0.717, 1.165) is 22.3 Å². The Labute approximate surface area is 133 Å². The molecule has 0 fully saturated rings. The SMILES string of the molecule is Cc1ccc(OCCc2nc(Cl)nc3cccc(N)c23)cc1. The zero-order valence-corrected chi connectivity index (χ0v) is 13.0. The lowest BCUT2D eigenvalue weighted by Crippen LogP contribution is -2.06. The second-order valence-electron chi connectivity index (χ2n) is 5.09. The highest BCUT2D eigenvalue weighted by atomic mass is 35.5. The van der Waals surface area contributed by atoms with Crippen molar-refractivity contribution in [2.24, 2.45) is 0 Å². The maximum Gasteiger partial charge on any atom is 0.223 e. The van der Waals surface area contributed by atoms with Crippen molar-refractivity contribution in [1.29, 1.82) is 0 Å². The third-order valence-corrected chi connectivity index (χ3v) is 3.60. The molecule has 1 heterocycles. The van der Waals surface area contributed by atoms with Crippen LogP contribution in [0.25, 0.3) is 10.9 Å². The summed E-state index contributed by atoms with van der Waals surface area (Å²) in [7, 11) is 0. The van der Waals surface area contributed by atoms with Crippen molar-refractivity contribution in [3.8, 4) is 5.75 Å². The first-order chi connectivity index (χ1) is 10.6. The molecule has 2 N–H and O–H groups in total. The van der Waals surface area contributed by atoms with Gasteiger partial charge in [0.25, 0.3) is 0 Å². The molecule has 5 heteroatoms. The number of ether oxygens (including phenoxy) is 1. The fraction of sp³-hybridized carbons (Fsp3) is 0.176. The Kier molecular flexibility index (Phi) is 4.11. The Morgan fingerprint density at radius 3 is 2.64 bits per heavy atom. The monoisotopic (exact) mass is 313 g/mol. The lowest BCUT2D eigenvalue weighted by Gasteiger charge is -2.10. The maximum absolute atomic E-state index is 6.04. The highest BCUT2D eigenvalue weighted by Crippen LogP contribution is 2.24. The number of nitrogens with two attached hydrogens (primary N) is 1. The van der Waals surface area contributed by atoms with Crippen LogP contribution in [0.15, 0.2) is 42.5 Å². The van der Waals surface area contributed by atoms with E-state index in [4.69, 9.17) is 22.1 Å². The summed E-state index contributed by atoms with van der Waals surface area (Å²) in [6.07, 6.45) is 0.612. The molecule has 112 valence electrons. The standard InChI is InChI=1S/C17H16ClN3O/c1-11-5-7-12(8-6-11)22-10-9-15-16-13(19)3-2-4-14(16)20-17(18)21-15/h2-8H,9-10,19H2,1H3. The van der Waals surface area contributed by atoms with Crippen molar-refractivity contribution in [2.75, 3.05) is 12.3 Å². The third kappa shape index (κ3) is 3.12. The largest absolute Gasteiger partial charge is 0.493 e. The van der Waals surface area contributed by atoms with Crippen molar-refractivity contribution >= 4 is 28.2 Å². The van der Waals surface area contributed by atoms with Gasteiger partial charge in [0.05, 0.1) is 17.8 Å². The molecule has 1 aromatic heterocycles. The van der Waals surface area contributed by atoms with Gasteiger partial charge in [-0.2, -0.15) is 0 Å². The van der Waals surface area contributed by atoms with Crippen LogP contribution >= 0.6 is 11.6 Å². The number of aromatic nitrogens is 2. The number of hydrogen-bond donors (Lipinski definition) is 1. The number of rotatable bonds is 4. The summed E-state index contributed by atoms with van der Waals surface area (Å²) < 4.78 is 5.75. The van der Waals surface area contributed by atoms with E-state index >= 15 is 0 Å². The molecular weight excluding hydrogens is 298 g/mol. The van der Waals surface area contributed by atoms with Gasteiger partial charge in [0, 0.05) is 17.5 Å². The smallest absolute Gasteiger partial charge is 0.223 e. The Morgan fingerprint density at radius 1 is 1.09 bits per heavy atom. The van der Waals surface area contributed by atoms with Gasteiger partial charge in [0.2, 0.25) is 5.28 Å². The molecule has 0 aliphatic heterocycles. The molecule has 0 atom stereocenters. The van der Waals surface area contributed by atoms with Crippen molar-refractivity contribution in [3.05, 3.63) is 59.0 Å². The predicted octanol–water partition coefficient (Wildman–Crippen LogP) is 3.80. The lowest BCUT2D eigenvalue weighted by molar-refractivity contribution is 0.321. The molecule has 0 aliphatic carbocycles. The van der Waals surface area contributed by atoms with Crippen LogP contribution < -0.4 is 10.5 Å². The van der Waals surface area contributed by atoms with Crippen LogP contribution in [0.4, 0.5) is 5.69 Å². The first-order valence-corrected chi connectivity index (χ1v) is 7.41. The number of fused-ring (bicyclic) bond motifs is 1. The Morgan fingerprint density at radius 2 is 1.86 bits per heavy atom. The average Bonchev–Trinajstić information content (AvgIpc) is 2.49. The summed E-state index contributed by atoms with van der Waals surface area (Å²) in [5.41, 5.74) is 9.46.